The Morgan fingerprint density at radius 2 is 1.45 bits per heavy atom. The smallest absolute Gasteiger partial charge is 0.409 e. The number of anilines is 3. The van der Waals surface area contributed by atoms with Crippen molar-refractivity contribution in [3.63, 3.8) is 0 Å². The van der Waals surface area contributed by atoms with Gasteiger partial charge < -0.3 is 46.1 Å². The number of fused-ring (bicyclic) bond motifs is 4. The molecule has 0 aliphatic carbocycles. The predicted molar refractivity (Wildman–Crippen MR) is 278 cm³/mol. The van der Waals surface area contributed by atoms with E-state index >= 15 is 0 Å². The number of nitrogens with zero attached hydrogens (tertiary/aromatic N) is 4. The molecule has 7 amide bonds. The minimum atomic E-state index is -1.01. The van der Waals surface area contributed by atoms with Crippen LogP contribution in [0.25, 0.3) is 21.7 Å². The molecule has 376 valence electrons. The lowest BCUT2D eigenvalue weighted by molar-refractivity contribution is -0.146. The van der Waals surface area contributed by atoms with Gasteiger partial charge in [0.15, 0.2) is 0 Å². The Morgan fingerprint density at radius 1 is 0.803 bits per heavy atom. The number of carbonyl (C=O) groups is 7. The number of carbonyl (C=O) groups excluding carboxylic acids is 7. The fourth-order valence-electron chi connectivity index (χ4n) is 9.10. The number of likely N-dealkylation sites (N-methyl/N-ethyl adjacent to an activating group) is 1. The van der Waals surface area contributed by atoms with Gasteiger partial charge in [0.1, 0.15) is 11.4 Å². The van der Waals surface area contributed by atoms with Crippen LogP contribution in [0.1, 0.15) is 80.3 Å². The number of hydrogen-bond donors (Lipinski definition) is 5. The van der Waals surface area contributed by atoms with Crippen molar-refractivity contribution in [2.75, 3.05) is 74.8 Å². The largest absolute Gasteiger partial charge is 0.415 e. The van der Waals surface area contributed by atoms with Crippen LogP contribution in [0.2, 0.25) is 0 Å². The average molecular weight is 991 g/mol. The lowest BCUT2D eigenvalue weighted by Crippen LogP contribution is -2.52. The molecule has 71 heavy (non-hydrogen) atoms. The van der Waals surface area contributed by atoms with Crippen molar-refractivity contribution in [3.8, 4) is 5.75 Å². The summed E-state index contributed by atoms with van der Waals surface area (Å²) in [6, 6.07) is 22.9. The molecule has 3 aliphatic heterocycles. The standard InChI is InChI=1S/C48H50N8O8.C4H11N.CH3Cl/c1-47(2,28-48(3,4)56-41(58)16-17-42(56)59)45(62)49-27-40(57)50-31-12-10-29(11-13-31)43(60)51-32-14-15-36-30(24-32)25-37(52-36)44(61)55-19-18-34-33-8-6-7-9-35(33)39(26-38(34)55)64-46(63)54-22-20-53(5)21-23-54;1-2-3-4-5;1-2/h6-17,24-26,52H,18-23,27-28H2,1-5H3,(H,49,62)(H,50,57)(H,51,60);2-5H2,1H3;1H3. The lowest BCUT2D eigenvalue weighted by atomic mass is 9.78. The highest BCUT2D eigenvalue weighted by atomic mass is 35.5. The van der Waals surface area contributed by atoms with Gasteiger partial charge in [0.2, 0.25) is 11.8 Å². The first kappa shape index (κ1) is 53.3. The minimum Gasteiger partial charge on any atom is -0.409 e. The number of imide groups is 1. The molecule has 0 unspecified atom stereocenters. The maximum atomic E-state index is 14.1. The van der Waals surface area contributed by atoms with E-state index in [-0.39, 0.29) is 24.8 Å². The number of hydrogen-bond acceptors (Lipinski definition) is 10. The summed E-state index contributed by atoms with van der Waals surface area (Å²) in [7, 11) is 2.02. The molecular weight excluding hydrogens is 926 g/mol. The fraction of sp³-hybridized carbons (Fsp3) is 0.377. The number of alkyl halides is 1. The predicted octanol–water partition coefficient (Wildman–Crippen LogP) is 7.30. The van der Waals surface area contributed by atoms with Gasteiger partial charge in [-0.15, -0.1) is 11.6 Å². The summed E-state index contributed by atoms with van der Waals surface area (Å²) in [5.74, 6) is -1.99. The third kappa shape index (κ3) is 12.6. The number of H-pyrrole nitrogens is 1. The highest BCUT2D eigenvalue weighted by Crippen LogP contribution is 2.41. The Kier molecular flexibility index (Phi) is 17.4. The van der Waals surface area contributed by atoms with E-state index in [9.17, 15) is 33.6 Å². The Morgan fingerprint density at radius 3 is 2.08 bits per heavy atom. The number of rotatable bonds is 13. The number of aromatic amines is 1. The van der Waals surface area contributed by atoms with Gasteiger partial charge in [-0.1, -0.05) is 51.5 Å². The lowest BCUT2D eigenvalue weighted by Gasteiger charge is -2.39. The van der Waals surface area contributed by atoms with E-state index < -0.39 is 40.7 Å². The van der Waals surface area contributed by atoms with Crippen molar-refractivity contribution in [2.45, 2.75) is 65.8 Å². The molecule has 0 atom stereocenters. The number of ether oxygens (including phenoxy) is 1. The molecule has 4 aromatic carbocycles. The topological polar surface area (TPSA) is 220 Å². The number of nitrogens with one attached hydrogen (secondary N) is 4. The van der Waals surface area contributed by atoms with Crippen LogP contribution in [0.4, 0.5) is 21.9 Å². The van der Waals surface area contributed by atoms with Gasteiger partial charge in [-0.05, 0) is 106 Å². The molecule has 0 spiro atoms. The van der Waals surface area contributed by atoms with Gasteiger partial charge in [0.25, 0.3) is 23.6 Å². The number of unbranched alkanes of at least 4 members (excludes halogenated alkanes) is 1. The normalized spacial score (nSPS) is 14.6. The van der Waals surface area contributed by atoms with Gasteiger partial charge >= 0.3 is 6.09 Å². The molecular formula is C53H64ClN9O8. The summed E-state index contributed by atoms with van der Waals surface area (Å²) in [5, 5.41) is 10.7. The van der Waals surface area contributed by atoms with E-state index in [1.165, 1.54) is 31.4 Å². The van der Waals surface area contributed by atoms with Crippen LogP contribution in [0.5, 0.6) is 5.75 Å². The van der Waals surface area contributed by atoms with Gasteiger partial charge in [-0.25, -0.2) is 4.79 Å². The molecule has 3 aliphatic rings. The Labute approximate surface area is 419 Å². The highest BCUT2D eigenvalue weighted by Gasteiger charge is 2.43. The average Bonchev–Trinajstić information content (AvgIpc) is 4.08. The fourth-order valence-corrected chi connectivity index (χ4v) is 9.10. The van der Waals surface area contributed by atoms with Gasteiger partial charge in [0.05, 0.1) is 12.2 Å². The third-order valence-electron chi connectivity index (χ3n) is 12.6. The maximum absolute atomic E-state index is 14.1. The molecule has 1 fully saturated rings. The van der Waals surface area contributed by atoms with Gasteiger partial charge in [-0.2, -0.15) is 0 Å². The zero-order valence-electron chi connectivity index (χ0n) is 41.4. The van der Waals surface area contributed by atoms with Crippen molar-refractivity contribution in [3.05, 3.63) is 108 Å². The number of halogens is 1. The van der Waals surface area contributed by atoms with Crippen LogP contribution in [-0.2, 0) is 25.6 Å². The summed E-state index contributed by atoms with van der Waals surface area (Å²) >= 11 is 4.64. The zero-order chi connectivity index (χ0) is 51.6. The summed E-state index contributed by atoms with van der Waals surface area (Å²) < 4.78 is 6.00. The van der Waals surface area contributed by atoms with Crippen LogP contribution < -0.4 is 31.3 Å². The van der Waals surface area contributed by atoms with E-state index in [4.69, 9.17) is 10.5 Å². The van der Waals surface area contributed by atoms with E-state index in [1.54, 1.807) is 92.1 Å². The molecule has 18 heteroatoms. The number of amides is 7. The molecule has 5 aromatic rings. The van der Waals surface area contributed by atoms with Crippen molar-refractivity contribution in [1.82, 2.24) is 25.0 Å². The second-order valence-electron chi connectivity index (χ2n) is 18.9. The molecule has 0 saturated carbocycles. The van der Waals surface area contributed by atoms with E-state index in [0.29, 0.717) is 71.0 Å². The third-order valence-corrected chi connectivity index (χ3v) is 12.6. The molecule has 0 radical (unpaired) electrons. The van der Waals surface area contributed by atoms with Gasteiger partial charge in [-0.3, -0.25) is 33.7 Å². The first-order chi connectivity index (χ1) is 33.9. The van der Waals surface area contributed by atoms with E-state index in [1.807, 2.05) is 31.3 Å². The Balaban J connectivity index is 0.00000111. The van der Waals surface area contributed by atoms with Crippen LogP contribution in [0.15, 0.2) is 91.0 Å². The summed E-state index contributed by atoms with van der Waals surface area (Å²) in [6.45, 7) is 12.6. The van der Waals surface area contributed by atoms with Crippen molar-refractivity contribution >= 4 is 91.9 Å². The molecule has 8 rings (SSSR count). The van der Waals surface area contributed by atoms with Crippen molar-refractivity contribution < 1.29 is 38.3 Å². The summed E-state index contributed by atoms with van der Waals surface area (Å²) in [4.78, 5) is 101. The monoisotopic (exact) mass is 989 g/mol. The molecule has 1 aromatic heterocycles. The minimum absolute atomic E-state index is 0.169. The molecule has 17 nitrogen and oxygen atoms in total. The first-order valence-electron chi connectivity index (χ1n) is 23.7. The SMILES string of the molecule is CCCCN.CCl.CN1CCN(C(=O)Oc2cc3c(c4ccccc24)CCN3C(=O)c2cc3cc(NC(=O)c4ccc(NC(=O)CNC(=O)C(C)(C)CC(C)(C)N5C(=O)C=CC5=O)cc4)ccc3[nH]2)CC1. The molecule has 1 saturated heterocycles. The van der Waals surface area contributed by atoms with E-state index in [0.717, 1.165) is 40.9 Å². The maximum Gasteiger partial charge on any atom is 0.415 e. The quantitative estimate of drug-likeness (QED) is 0.0586. The second-order valence-corrected chi connectivity index (χ2v) is 18.9. The van der Waals surface area contributed by atoms with Crippen LogP contribution in [-0.4, -0.2) is 126 Å². The Bertz CT molecular complexity index is 2810. The number of nitrogens with two attached hydrogens (primary N) is 1. The highest BCUT2D eigenvalue weighted by molar-refractivity contribution is 6.15. The molecule has 6 N–H and O–H groups in total. The number of piperazine rings is 1. The first-order valence-corrected chi connectivity index (χ1v) is 24.4. The van der Waals surface area contributed by atoms with Crippen LogP contribution in [0, 0.1) is 5.41 Å². The van der Waals surface area contributed by atoms with E-state index in [2.05, 4.69) is 44.4 Å². The van der Waals surface area contributed by atoms with Crippen LogP contribution in [0.3, 0.4) is 0 Å². The zero-order valence-corrected chi connectivity index (χ0v) is 42.2. The number of aromatic nitrogens is 1. The summed E-state index contributed by atoms with van der Waals surface area (Å²) in [6.07, 6.45) is 6.66. The number of benzene rings is 4. The van der Waals surface area contributed by atoms with Crippen molar-refractivity contribution in [1.29, 1.82) is 0 Å². The summed E-state index contributed by atoms with van der Waals surface area (Å²) in [5.41, 5.74) is 7.22. The molecule has 0 bridgehead atoms. The van der Waals surface area contributed by atoms with Crippen LogP contribution >= 0.6 is 11.6 Å². The van der Waals surface area contributed by atoms with Gasteiger partial charge in [0, 0.05) is 102 Å². The second kappa shape index (κ2) is 23.2. The Hall–Kier alpha value is -7.08. The molecule has 4 heterocycles. The van der Waals surface area contributed by atoms with Crippen molar-refractivity contribution in [2.24, 2.45) is 11.1 Å².